The van der Waals surface area contributed by atoms with Gasteiger partial charge in [-0.05, 0) is 50.2 Å². The van der Waals surface area contributed by atoms with Gasteiger partial charge >= 0.3 is 0 Å². The average Bonchev–Trinajstić information content (AvgIpc) is 3.44. The number of rotatable bonds is 7. The summed E-state index contributed by atoms with van der Waals surface area (Å²) < 4.78 is 5.77. The molecule has 0 saturated heterocycles. The van der Waals surface area contributed by atoms with Crippen LogP contribution in [0.5, 0.6) is 5.75 Å². The predicted molar refractivity (Wildman–Crippen MR) is 138 cm³/mol. The number of anilines is 4. The van der Waals surface area contributed by atoms with E-state index < -0.39 is 6.04 Å². The van der Waals surface area contributed by atoms with E-state index in [2.05, 4.69) is 32.8 Å². The third kappa shape index (κ3) is 4.14. The highest BCUT2D eigenvalue weighted by molar-refractivity contribution is 6.32. The summed E-state index contributed by atoms with van der Waals surface area (Å²) in [5.74, 6) is 0.917. The number of methoxy groups -OCH3 is 1. The van der Waals surface area contributed by atoms with Gasteiger partial charge in [-0.25, -0.2) is 4.98 Å². The molecule has 1 fully saturated rings. The summed E-state index contributed by atoms with van der Waals surface area (Å²) in [7, 11) is 1.59. The van der Waals surface area contributed by atoms with Crippen LogP contribution in [0.15, 0.2) is 30.5 Å². The van der Waals surface area contributed by atoms with Crippen LogP contribution >= 0.6 is 11.6 Å². The molecule has 0 radical (unpaired) electrons. The number of carbonyl (C=O) groups excluding carboxylic acids is 2. The Hall–Kier alpha value is -3.37. The van der Waals surface area contributed by atoms with Crippen LogP contribution in [0, 0.1) is 17.8 Å². The van der Waals surface area contributed by atoms with Gasteiger partial charge in [0.25, 0.3) is 0 Å². The minimum atomic E-state index is -0.559. The maximum Gasteiger partial charge on any atom is 0.243 e. The zero-order valence-corrected chi connectivity index (χ0v) is 21.0. The van der Waals surface area contributed by atoms with Crippen molar-refractivity contribution in [2.24, 2.45) is 29.2 Å². The second kappa shape index (κ2) is 9.59. The normalized spacial score (nSPS) is 26.5. The number of benzene rings is 1. The number of likely N-dealkylation sites (N-methyl/N-ethyl adjacent to an activating group) is 1. The Labute approximate surface area is 214 Å². The van der Waals surface area contributed by atoms with Crippen molar-refractivity contribution in [3.8, 4) is 5.75 Å². The molecule has 3 aliphatic rings. The van der Waals surface area contributed by atoms with E-state index >= 15 is 0 Å². The first-order chi connectivity index (χ1) is 17.3. The topological polar surface area (TPSA) is 148 Å². The predicted octanol–water partition coefficient (Wildman–Crippen LogP) is 2.60. The summed E-state index contributed by atoms with van der Waals surface area (Å²) in [6.45, 7) is 2.43. The fourth-order valence-electron chi connectivity index (χ4n) is 5.73. The molecular formula is C25H30ClN7O3. The van der Waals surface area contributed by atoms with Gasteiger partial charge in [0.1, 0.15) is 10.8 Å². The van der Waals surface area contributed by atoms with Crippen molar-refractivity contribution >= 4 is 46.6 Å². The number of amides is 2. The summed E-state index contributed by atoms with van der Waals surface area (Å²) in [5, 5.41) is 6.91. The Kier molecular flexibility index (Phi) is 6.48. The summed E-state index contributed by atoms with van der Waals surface area (Å²) in [4.78, 5) is 35.4. The van der Waals surface area contributed by atoms with E-state index in [0.29, 0.717) is 47.6 Å². The molecule has 1 aromatic carbocycles. The first-order valence-electron chi connectivity index (χ1n) is 12.1. The van der Waals surface area contributed by atoms with E-state index in [-0.39, 0.29) is 35.6 Å². The fourth-order valence-corrected chi connectivity index (χ4v) is 5.87. The second-order valence-corrected chi connectivity index (χ2v) is 9.84. The highest BCUT2D eigenvalue weighted by Gasteiger charge is 2.47. The molecule has 11 heteroatoms. The van der Waals surface area contributed by atoms with Crippen molar-refractivity contribution in [3.05, 3.63) is 41.1 Å². The molecule has 1 aliphatic heterocycles. The van der Waals surface area contributed by atoms with E-state index in [9.17, 15) is 9.59 Å². The number of hydrogen-bond acceptors (Lipinski definition) is 8. The zero-order valence-electron chi connectivity index (χ0n) is 20.2. The SMILES string of the molecule is CCN1C(=O)C(N)CCc2c1ccc(Nc1ncc(Cl)c(N[C@H]3[C@@H](C(N)=O)[C@@H]4C=C[C@H]3C4)n1)c2OC. The minimum absolute atomic E-state index is 0.0968. The third-order valence-electron chi connectivity index (χ3n) is 7.42. The monoisotopic (exact) mass is 511 g/mol. The quantitative estimate of drug-likeness (QED) is 0.414. The zero-order chi connectivity index (χ0) is 25.6. The molecule has 2 aromatic rings. The van der Waals surface area contributed by atoms with Crippen LogP contribution < -0.4 is 31.7 Å². The molecule has 1 aromatic heterocycles. The Morgan fingerprint density at radius 1 is 1.31 bits per heavy atom. The van der Waals surface area contributed by atoms with Crippen LogP contribution in [0.4, 0.5) is 23.1 Å². The van der Waals surface area contributed by atoms with Crippen molar-refractivity contribution in [2.75, 3.05) is 29.2 Å². The lowest BCUT2D eigenvalue weighted by Gasteiger charge is -2.27. The van der Waals surface area contributed by atoms with Crippen LogP contribution in [0.3, 0.4) is 0 Å². The molecular weight excluding hydrogens is 482 g/mol. The molecule has 36 heavy (non-hydrogen) atoms. The first-order valence-corrected chi connectivity index (χ1v) is 12.5. The van der Waals surface area contributed by atoms with Gasteiger partial charge in [0.2, 0.25) is 17.8 Å². The van der Waals surface area contributed by atoms with Crippen LogP contribution in [-0.2, 0) is 16.0 Å². The molecule has 6 N–H and O–H groups in total. The number of nitrogens with one attached hydrogen (secondary N) is 2. The number of fused-ring (bicyclic) bond motifs is 3. The Morgan fingerprint density at radius 2 is 2.08 bits per heavy atom. The van der Waals surface area contributed by atoms with E-state index in [1.807, 2.05) is 19.1 Å². The summed E-state index contributed by atoms with van der Waals surface area (Å²) in [5.41, 5.74) is 14.1. The third-order valence-corrected chi connectivity index (χ3v) is 7.69. The first kappa shape index (κ1) is 24.3. The van der Waals surface area contributed by atoms with E-state index in [1.54, 1.807) is 12.0 Å². The molecule has 5 rings (SSSR count). The van der Waals surface area contributed by atoms with E-state index in [4.69, 9.17) is 27.8 Å². The van der Waals surface area contributed by atoms with Gasteiger partial charge in [0.05, 0.1) is 36.6 Å². The maximum atomic E-state index is 12.7. The Bertz CT molecular complexity index is 1240. The Morgan fingerprint density at radius 3 is 2.81 bits per heavy atom. The van der Waals surface area contributed by atoms with Crippen LogP contribution in [0.2, 0.25) is 5.02 Å². The minimum Gasteiger partial charge on any atom is -0.494 e. The number of allylic oxidation sites excluding steroid dienone is 1. The lowest BCUT2D eigenvalue weighted by atomic mass is 9.88. The molecule has 0 spiro atoms. The highest BCUT2D eigenvalue weighted by atomic mass is 35.5. The molecule has 2 aliphatic carbocycles. The van der Waals surface area contributed by atoms with Crippen LogP contribution in [0.1, 0.15) is 25.3 Å². The maximum absolute atomic E-state index is 12.7. The number of nitrogens with two attached hydrogens (primary N) is 2. The van der Waals surface area contributed by atoms with Crippen LogP contribution in [0.25, 0.3) is 0 Å². The van der Waals surface area contributed by atoms with Gasteiger partial charge in [0, 0.05) is 18.2 Å². The number of carbonyl (C=O) groups is 2. The molecule has 5 atom stereocenters. The van der Waals surface area contributed by atoms with Crippen LogP contribution in [-0.4, -0.2) is 47.5 Å². The highest BCUT2D eigenvalue weighted by Crippen LogP contribution is 2.45. The van der Waals surface area contributed by atoms with Crippen molar-refractivity contribution < 1.29 is 14.3 Å². The lowest BCUT2D eigenvalue weighted by Crippen LogP contribution is -2.42. The van der Waals surface area contributed by atoms with E-state index in [0.717, 1.165) is 17.7 Å². The van der Waals surface area contributed by atoms with Gasteiger partial charge in [-0.3, -0.25) is 9.59 Å². The average molecular weight is 512 g/mol. The van der Waals surface area contributed by atoms with Crippen molar-refractivity contribution in [3.63, 3.8) is 0 Å². The fraction of sp³-hybridized carbons (Fsp3) is 0.440. The number of halogens is 1. The molecule has 190 valence electrons. The molecule has 1 unspecified atom stereocenters. The number of ether oxygens (including phenoxy) is 1. The van der Waals surface area contributed by atoms with E-state index in [1.165, 1.54) is 6.20 Å². The number of primary amides is 1. The molecule has 10 nitrogen and oxygen atoms in total. The lowest BCUT2D eigenvalue weighted by molar-refractivity contribution is -0.122. The summed E-state index contributed by atoms with van der Waals surface area (Å²) in [6.07, 6.45) is 7.69. The van der Waals surface area contributed by atoms with Crippen molar-refractivity contribution in [1.29, 1.82) is 0 Å². The number of nitrogens with zero attached hydrogens (tertiary/aromatic N) is 3. The van der Waals surface area contributed by atoms with Crippen molar-refractivity contribution in [2.45, 2.75) is 38.3 Å². The van der Waals surface area contributed by atoms with Gasteiger partial charge < -0.3 is 31.7 Å². The van der Waals surface area contributed by atoms with Gasteiger partial charge in [-0.15, -0.1) is 0 Å². The Balaban J connectivity index is 1.44. The smallest absolute Gasteiger partial charge is 0.243 e. The second-order valence-electron chi connectivity index (χ2n) is 9.43. The summed E-state index contributed by atoms with van der Waals surface area (Å²) in [6, 6.07) is 2.98. The molecule has 2 amide bonds. The van der Waals surface area contributed by atoms with Crippen molar-refractivity contribution in [1.82, 2.24) is 9.97 Å². The molecule has 2 bridgehead atoms. The molecule has 1 saturated carbocycles. The summed E-state index contributed by atoms with van der Waals surface area (Å²) >= 11 is 6.41. The van der Waals surface area contributed by atoms with Gasteiger partial charge in [-0.2, -0.15) is 4.98 Å². The standard InChI is InChI=1S/C25H30ClN7O3/c1-3-33-18-9-8-17(21(36-2)14(18)6-7-16(27)24(33)35)30-25-29-11-15(26)23(32-25)31-20-13-5-4-12(10-13)19(20)22(28)34/h4-5,8-9,11-13,16,19-20H,3,6-7,10,27H2,1-2H3,(H2,28,34)(H2,29,30,31,32)/t12-,13+,16?,19+,20-/m1/s1. The van der Waals surface area contributed by atoms with Gasteiger partial charge in [0.15, 0.2) is 5.82 Å². The number of aromatic nitrogens is 2. The largest absolute Gasteiger partial charge is 0.494 e. The van der Waals surface area contributed by atoms with Gasteiger partial charge in [-0.1, -0.05) is 23.8 Å². The molecule has 2 heterocycles. The number of hydrogen-bond donors (Lipinski definition) is 4.